The van der Waals surface area contributed by atoms with Gasteiger partial charge < -0.3 is 19.2 Å². The van der Waals surface area contributed by atoms with Gasteiger partial charge in [-0.2, -0.15) is 5.10 Å². The number of hydrogen-bond acceptors (Lipinski definition) is 7. The summed E-state index contributed by atoms with van der Waals surface area (Å²) in [5.41, 5.74) is 4.17. The van der Waals surface area contributed by atoms with E-state index in [1.165, 1.54) is 10.1 Å². The zero-order valence-electron chi connectivity index (χ0n) is 31.2. The smallest absolute Gasteiger partial charge is 0.376 e. The van der Waals surface area contributed by atoms with Gasteiger partial charge in [-0.3, -0.25) is 18.9 Å². The summed E-state index contributed by atoms with van der Waals surface area (Å²) in [6.07, 6.45) is 6.08. The van der Waals surface area contributed by atoms with Crippen LogP contribution in [0.2, 0.25) is 0 Å². The average Bonchev–Trinajstić information content (AvgIpc) is 3.65. The fraction of sp³-hybridized carbons (Fsp3) is 0.425. The van der Waals surface area contributed by atoms with E-state index in [2.05, 4.69) is 54.1 Å². The van der Waals surface area contributed by atoms with Crippen molar-refractivity contribution in [1.82, 2.24) is 38.9 Å². The van der Waals surface area contributed by atoms with Crippen molar-refractivity contribution in [3.8, 4) is 11.5 Å². The molecule has 1 saturated carbocycles. The Morgan fingerprint density at radius 3 is 2.46 bits per heavy atom. The number of imidazole rings is 1. The second-order valence-electron chi connectivity index (χ2n) is 16.0. The largest absolute Gasteiger partial charge is 0.438 e. The number of fused-ring (bicyclic) bond motifs is 2. The number of rotatable bonds is 6. The van der Waals surface area contributed by atoms with Crippen LogP contribution < -0.4 is 11.4 Å². The van der Waals surface area contributed by atoms with E-state index in [9.17, 15) is 14.0 Å². The lowest BCUT2D eigenvalue weighted by molar-refractivity contribution is -0.0592. The number of amides is 1. The third-order valence-electron chi connectivity index (χ3n) is 12.0. The highest BCUT2D eigenvalue weighted by Crippen LogP contribution is 2.56. The summed E-state index contributed by atoms with van der Waals surface area (Å²) >= 11 is 0. The van der Waals surface area contributed by atoms with Gasteiger partial charge in [0.1, 0.15) is 22.9 Å². The highest BCUT2D eigenvalue weighted by atomic mass is 19.1. The van der Waals surface area contributed by atoms with Crippen LogP contribution in [0.25, 0.3) is 22.4 Å². The number of nitrogens with zero attached hydrogens (tertiary/aromatic N) is 6. The molecule has 4 aromatic heterocycles. The van der Waals surface area contributed by atoms with Crippen molar-refractivity contribution in [2.75, 3.05) is 13.2 Å². The first kappa shape index (κ1) is 34.3. The SMILES string of the molecule is Cc1cc(-n2nc3c(c2-n2cc[nH]c2=O)[C@H](C)N(C(=O)c2cc4cc([C@H]5CCOC(C)(C)C5)ccc4n2[C@@]2(c4noc(=O)[nH]4)C[C@@H]2C)CC3)cc(C)c1F. The number of halogens is 1. The van der Waals surface area contributed by atoms with E-state index in [-0.39, 0.29) is 28.9 Å². The van der Waals surface area contributed by atoms with Crippen molar-refractivity contribution in [2.24, 2.45) is 5.92 Å². The number of aromatic amines is 2. The maximum atomic E-state index is 15.2. The van der Waals surface area contributed by atoms with Gasteiger partial charge in [0.25, 0.3) is 5.91 Å². The molecule has 0 radical (unpaired) electrons. The van der Waals surface area contributed by atoms with Crippen LogP contribution in [0.3, 0.4) is 0 Å². The molecule has 13 nitrogen and oxygen atoms in total. The molecule has 0 spiro atoms. The first-order valence-electron chi connectivity index (χ1n) is 18.6. The van der Waals surface area contributed by atoms with E-state index in [4.69, 9.17) is 14.4 Å². The summed E-state index contributed by atoms with van der Waals surface area (Å²) < 4.78 is 31.0. The first-order chi connectivity index (χ1) is 25.8. The quantitative estimate of drug-likeness (QED) is 0.215. The first-order valence-corrected chi connectivity index (χ1v) is 18.6. The van der Waals surface area contributed by atoms with Gasteiger partial charge in [-0.25, -0.2) is 18.7 Å². The van der Waals surface area contributed by atoms with Crippen molar-refractivity contribution in [3.05, 3.63) is 115 Å². The number of benzene rings is 2. The molecule has 6 aromatic rings. The third kappa shape index (κ3) is 5.17. The zero-order chi connectivity index (χ0) is 37.8. The second-order valence-corrected chi connectivity index (χ2v) is 16.0. The molecular formula is C40H43FN8O5. The van der Waals surface area contributed by atoms with Crippen molar-refractivity contribution in [1.29, 1.82) is 0 Å². The van der Waals surface area contributed by atoms with Gasteiger partial charge in [0.05, 0.1) is 23.0 Å². The van der Waals surface area contributed by atoms with Crippen LogP contribution >= 0.6 is 0 Å². The lowest BCUT2D eigenvalue weighted by Gasteiger charge is -2.35. The third-order valence-corrected chi connectivity index (χ3v) is 12.0. The summed E-state index contributed by atoms with van der Waals surface area (Å²) in [4.78, 5) is 48.0. The Balaban J connectivity index is 1.18. The Morgan fingerprint density at radius 2 is 1.81 bits per heavy atom. The van der Waals surface area contributed by atoms with Crippen LogP contribution in [-0.2, 0) is 16.7 Å². The van der Waals surface area contributed by atoms with E-state index in [0.717, 1.165) is 35.0 Å². The number of hydrogen-bond donors (Lipinski definition) is 2. The van der Waals surface area contributed by atoms with Crippen LogP contribution in [0.1, 0.15) is 103 Å². The van der Waals surface area contributed by atoms with E-state index in [0.29, 0.717) is 66.1 Å². The normalized spacial score (nSPS) is 23.5. The molecule has 54 heavy (non-hydrogen) atoms. The maximum Gasteiger partial charge on any atom is 0.438 e. The molecule has 4 atom stereocenters. The van der Waals surface area contributed by atoms with E-state index in [1.54, 1.807) is 43.1 Å². The lowest BCUT2D eigenvalue weighted by Crippen LogP contribution is -2.41. The fourth-order valence-electron chi connectivity index (χ4n) is 9.19. The van der Waals surface area contributed by atoms with Crippen LogP contribution in [0, 0.1) is 25.6 Å². The molecule has 3 aliphatic rings. The minimum absolute atomic E-state index is 0.0506. The van der Waals surface area contributed by atoms with Crippen LogP contribution in [0.15, 0.2) is 62.9 Å². The standard InChI is InChI=1S/C40H43FN8O5/c1-21-15-28(16-22(2)33(21)41)49-34(47-13-11-42-37(47)51)32-24(4)46(12-9-29(32)44-49)35(50)31-18-27-17-25(26-10-14-53-39(5,6)20-26)7-8-30(27)48(31)40(19-23(40)3)36-43-38(52)54-45-36/h7-8,11,13,15-18,23-24,26H,9-10,12,14,19-20H2,1-6H3,(H,42,51)(H,43,45,52)/t23-,24-,26-,40-/m0/s1. The van der Waals surface area contributed by atoms with Crippen molar-refractivity contribution < 1.29 is 18.4 Å². The molecule has 0 unspecified atom stereocenters. The van der Waals surface area contributed by atoms with Gasteiger partial charge in [-0.05, 0) is 113 Å². The molecule has 2 N–H and O–H groups in total. The zero-order valence-corrected chi connectivity index (χ0v) is 31.2. The highest BCUT2D eigenvalue weighted by Gasteiger charge is 2.59. The minimum Gasteiger partial charge on any atom is -0.376 e. The van der Waals surface area contributed by atoms with E-state index >= 15 is 4.79 Å². The minimum atomic E-state index is -0.794. The van der Waals surface area contributed by atoms with Gasteiger partial charge >= 0.3 is 11.4 Å². The predicted molar refractivity (Wildman–Crippen MR) is 198 cm³/mol. The van der Waals surface area contributed by atoms with Gasteiger partial charge in [0.2, 0.25) is 0 Å². The number of carbonyl (C=O) groups is 1. The van der Waals surface area contributed by atoms with Crippen molar-refractivity contribution >= 4 is 16.8 Å². The van der Waals surface area contributed by atoms with Crippen LogP contribution in [0.5, 0.6) is 0 Å². The Kier molecular flexibility index (Phi) is 7.62. The molecule has 1 aliphatic carbocycles. The Hall–Kier alpha value is -5.50. The summed E-state index contributed by atoms with van der Waals surface area (Å²) in [5.74, 6) is 0.0935. The van der Waals surface area contributed by atoms with Gasteiger partial charge in [0.15, 0.2) is 5.82 Å². The molecule has 1 saturated heterocycles. The second kappa shape index (κ2) is 12.0. The summed E-state index contributed by atoms with van der Waals surface area (Å²) in [7, 11) is 0. The summed E-state index contributed by atoms with van der Waals surface area (Å²) in [6, 6.07) is 11.3. The number of aryl methyl sites for hydroxylation is 2. The average molecular weight is 735 g/mol. The highest BCUT2D eigenvalue weighted by molar-refractivity contribution is 6.00. The Morgan fingerprint density at radius 1 is 1.06 bits per heavy atom. The summed E-state index contributed by atoms with van der Waals surface area (Å²) in [6.45, 7) is 12.7. The van der Waals surface area contributed by atoms with E-state index in [1.807, 2.05) is 22.5 Å². The maximum absolute atomic E-state index is 15.2. The molecule has 2 aromatic carbocycles. The molecule has 0 bridgehead atoms. The number of carbonyl (C=O) groups excluding carboxylic acids is 1. The van der Waals surface area contributed by atoms with Gasteiger partial charge in [-0.1, -0.05) is 18.1 Å². The van der Waals surface area contributed by atoms with Crippen molar-refractivity contribution in [2.45, 2.75) is 90.3 Å². The predicted octanol–water partition coefficient (Wildman–Crippen LogP) is 5.95. The number of ether oxygens (including phenoxy) is 1. The molecule has 2 fully saturated rings. The monoisotopic (exact) mass is 734 g/mol. The molecule has 280 valence electrons. The summed E-state index contributed by atoms with van der Waals surface area (Å²) in [5, 5.41) is 10.1. The number of nitrogens with one attached hydrogen (secondary N) is 2. The Bertz CT molecular complexity index is 2580. The number of aromatic nitrogens is 7. The van der Waals surface area contributed by atoms with Crippen LogP contribution in [-0.4, -0.2) is 63.6 Å². The fourth-order valence-corrected chi connectivity index (χ4v) is 9.19. The van der Waals surface area contributed by atoms with Crippen LogP contribution in [0.4, 0.5) is 4.39 Å². The molecule has 6 heterocycles. The molecule has 2 aliphatic heterocycles. The van der Waals surface area contributed by atoms with Gasteiger partial charge in [0, 0.05) is 48.4 Å². The Labute approximate surface area is 309 Å². The molecule has 14 heteroatoms. The molecule has 1 amide bonds. The molecule has 9 rings (SSSR count). The lowest BCUT2D eigenvalue weighted by atomic mass is 9.83. The number of H-pyrrole nitrogens is 2. The molecular weight excluding hydrogens is 691 g/mol. The van der Waals surface area contributed by atoms with Gasteiger partial charge in [-0.15, -0.1) is 0 Å². The topological polar surface area (TPSA) is 149 Å². The van der Waals surface area contributed by atoms with Crippen molar-refractivity contribution in [3.63, 3.8) is 0 Å². The van der Waals surface area contributed by atoms with E-state index < -0.39 is 17.3 Å².